The van der Waals surface area contributed by atoms with E-state index in [9.17, 15) is 4.79 Å². The van der Waals surface area contributed by atoms with Crippen LogP contribution in [0, 0.1) is 5.92 Å². The highest BCUT2D eigenvalue weighted by molar-refractivity contribution is 6.21. The average Bonchev–Trinajstić information content (AvgIpc) is 2.42. The molecule has 2 atom stereocenters. The zero-order valence-corrected chi connectivity index (χ0v) is 11.2. The monoisotopic (exact) mass is 245 g/mol. The van der Waals surface area contributed by atoms with Gasteiger partial charge in [0, 0.05) is 12.5 Å². The predicted octanol–water partition coefficient (Wildman–Crippen LogP) is 3.48. The van der Waals surface area contributed by atoms with Crippen LogP contribution < -0.4 is 5.32 Å². The topological polar surface area (TPSA) is 29.1 Å². The first kappa shape index (κ1) is 13.8. The highest BCUT2D eigenvalue weighted by atomic mass is 35.5. The quantitative estimate of drug-likeness (QED) is 0.596. The van der Waals surface area contributed by atoms with Crippen molar-refractivity contribution in [1.82, 2.24) is 5.32 Å². The van der Waals surface area contributed by atoms with Crippen LogP contribution in [0.25, 0.3) is 0 Å². The van der Waals surface area contributed by atoms with Crippen molar-refractivity contribution in [3.05, 3.63) is 0 Å². The zero-order chi connectivity index (χ0) is 12.0. The van der Waals surface area contributed by atoms with Gasteiger partial charge in [0.25, 0.3) is 0 Å². The van der Waals surface area contributed by atoms with Gasteiger partial charge in [0.05, 0.1) is 5.38 Å². The van der Waals surface area contributed by atoms with E-state index < -0.39 is 0 Å². The predicted molar refractivity (Wildman–Crippen MR) is 68.7 cm³/mol. The highest BCUT2D eigenvalue weighted by Crippen LogP contribution is 2.22. The van der Waals surface area contributed by atoms with Crippen molar-refractivity contribution in [2.75, 3.05) is 0 Å². The molecule has 1 saturated carbocycles. The largest absolute Gasteiger partial charge is 0.352 e. The summed E-state index contributed by atoms with van der Waals surface area (Å²) in [5.41, 5.74) is 0. The molecule has 16 heavy (non-hydrogen) atoms. The van der Waals surface area contributed by atoms with Crippen LogP contribution in [0.4, 0.5) is 0 Å². The first-order valence-electron chi connectivity index (χ1n) is 6.53. The van der Waals surface area contributed by atoms with Gasteiger partial charge in [0.2, 0.25) is 5.91 Å². The summed E-state index contributed by atoms with van der Waals surface area (Å²) in [6.07, 6.45) is 7.33. The van der Waals surface area contributed by atoms with Gasteiger partial charge >= 0.3 is 0 Å². The van der Waals surface area contributed by atoms with Crippen LogP contribution in [0.1, 0.15) is 58.8 Å². The fraction of sp³-hybridized carbons (Fsp3) is 0.923. The first-order chi connectivity index (χ1) is 7.59. The van der Waals surface area contributed by atoms with E-state index in [2.05, 4.69) is 19.2 Å². The molecule has 0 aromatic heterocycles. The Kier molecular flexibility index (Phi) is 6.18. The Morgan fingerprint density at radius 2 is 2.00 bits per heavy atom. The molecule has 1 aliphatic carbocycles. The first-order valence-corrected chi connectivity index (χ1v) is 6.96. The molecule has 1 amide bonds. The van der Waals surface area contributed by atoms with Crippen LogP contribution in [0.5, 0.6) is 0 Å². The minimum absolute atomic E-state index is 0.130. The summed E-state index contributed by atoms with van der Waals surface area (Å²) in [6.45, 7) is 4.28. The number of amides is 1. The van der Waals surface area contributed by atoms with Gasteiger partial charge in [-0.1, -0.05) is 33.1 Å². The van der Waals surface area contributed by atoms with Crippen molar-refractivity contribution in [2.45, 2.75) is 70.2 Å². The molecule has 1 N–H and O–H groups in total. The normalized spacial score (nSPS) is 26.5. The molecule has 2 unspecified atom stereocenters. The molecule has 0 saturated heterocycles. The second-order valence-electron chi connectivity index (χ2n) is 5.26. The number of alkyl halides is 1. The minimum Gasteiger partial charge on any atom is -0.352 e. The average molecular weight is 246 g/mol. The van der Waals surface area contributed by atoms with Gasteiger partial charge in [-0.2, -0.15) is 0 Å². The highest BCUT2D eigenvalue weighted by Gasteiger charge is 2.22. The van der Waals surface area contributed by atoms with Crippen molar-refractivity contribution in [3.8, 4) is 0 Å². The molecule has 3 heteroatoms. The summed E-state index contributed by atoms with van der Waals surface area (Å²) in [5.74, 6) is 0.762. The fourth-order valence-electron chi connectivity index (χ4n) is 2.12. The number of halogens is 1. The molecule has 1 aliphatic rings. The Morgan fingerprint density at radius 3 is 2.69 bits per heavy atom. The van der Waals surface area contributed by atoms with E-state index in [-0.39, 0.29) is 17.3 Å². The van der Waals surface area contributed by atoms with Crippen molar-refractivity contribution in [1.29, 1.82) is 0 Å². The summed E-state index contributed by atoms with van der Waals surface area (Å²) in [7, 11) is 0. The third-order valence-corrected chi connectivity index (χ3v) is 3.75. The lowest BCUT2D eigenvalue weighted by Crippen LogP contribution is -2.40. The van der Waals surface area contributed by atoms with Crippen LogP contribution in [-0.4, -0.2) is 17.3 Å². The SMILES string of the molecule is CC(C)CCC(=O)NC1CCCCCC1Cl. The molecule has 0 aliphatic heterocycles. The fourth-order valence-corrected chi connectivity index (χ4v) is 2.47. The number of nitrogens with one attached hydrogen (secondary N) is 1. The summed E-state index contributed by atoms with van der Waals surface area (Å²) < 4.78 is 0. The number of carbonyl (C=O) groups is 1. The van der Waals surface area contributed by atoms with Crippen molar-refractivity contribution >= 4 is 17.5 Å². The molecule has 0 radical (unpaired) electrons. The van der Waals surface area contributed by atoms with Crippen molar-refractivity contribution < 1.29 is 4.79 Å². The Labute approximate surface area is 104 Å². The third kappa shape index (κ3) is 5.20. The van der Waals surface area contributed by atoms with Crippen LogP contribution >= 0.6 is 11.6 Å². The Morgan fingerprint density at radius 1 is 1.31 bits per heavy atom. The second-order valence-corrected chi connectivity index (χ2v) is 5.82. The molecule has 94 valence electrons. The Bertz CT molecular complexity index is 218. The molecule has 1 rings (SSSR count). The van der Waals surface area contributed by atoms with Gasteiger partial charge < -0.3 is 5.32 Å². The smallest absolute Gasteiger partial charge is 0.220 e. The van der Waals surface area contributed by atoms with E-state index in [1.807, 2.05) is 0 Å². The zero-order valence-electron chi connectivity index (χ0n) is 10.5. The van der Waals surface area contributed by atoms with Crippen LogP contribution in [0.15, 0.2) is 0 Å². The molecular weight excluding hydrogens is 222 g/mol. The Balaban J connectivity index is 2.30. The van der Waals surface area contributed by atoms with E-state index in [0.717, 1.165) is 19.3 Å². The maximum atomic E-state index is 11.7. The summed E-state index contributed by atoms with van der Waals surface area (Å²) in [4.78, 5) is 11.7. The van der Waals surface area contributed by atoms with E-state index in [4.69, 9.17) is 11.6 Å². The summed E-state index contributed by atoms with van der Waals surface area (Å²) in [6, 6.07) is 0.198. The lowest BCUT2D eigenvalue weighted by Gasteiger charge is -2.21. The molecule has 0 heterocycles. The molecule has 0 aromatic carbocycles. The molecule has 2 nitrogen and oxygen atoms in total. The van der Waals surface area contributed by atoms with Gasteiger partial charge in [-0.05, 0) is 25.2 Å². The number of hydrogen-bond donors (Lipinski definition) is 1. The summed E-state index contributed by atoms with van der Waals surface area (Å²) in [5, 5.41) is 3.22. The molecule has 1 fully saturated rings. The van der Waals surface area contributed by atoms with Gasteiger partial charge in [0.15, 0.2) is 0 Å². The number of hydrogen-bond acceptors (Lipinski definition) is 1. The third-order valence-electron chi connectivity index (χ3n) is 3.23. The molecule has 0 spiro atoms. The van der Waals surface area contributed by atoms with Gasteiger partial charge in [-0.3, -0.25) is 4.79 Å². The minimum atomic E-state index is 0.130. The standard InChI is InChI=1S/C13H24ClNO/c1-10(2)8-9-13(16)15-12-7-5-3-4-6-11(12)14/h10-12H,3-9H2,1-2H3,(H,15,16). The maximum absolute atomic E-state index is 11.7. The Hall–Kier alpha value is -0.240. The molecular formula is C13H24ClNO. The van der Waals surface area contributed by atoms with Gasteiger partial charge in [-0.15, -0.1) is 11.6 Å². The maximum Gasteiger partial charge on any atom is 0.220 e. The van der Waals surface area contributed by atoms with Crippen LogP contribution in [0.3, 0.4) is 0 Å². The van der Waals surface area contributed by atoms with Gasteiger partial charge in [-0.25, -0.2) is 0 Å². The van der Waals surface area contributed by atoms with Crippen molar-refractivity contribution in [3.63, 3.8) is 0 Å². The van der Waals surface area contributed by atoms with E-state index in [1.165, 1.54) is 19.3 Å². The molecule has 0 bridgehead atoms. The van der Waals surface area contributed by atoms with Crippen molar-refractivity contribution in [2.24, 2.45) is 5.92 Å². The van der Waals surface area contributed by atoms with Crippen LogP contribution in [-0.2, 0) is 4.79 Å². The van der Waals surface area contributed by atoms with Crippen LogP contribution in [0.2, 0.25) is 0 Å². The summed E-state index contributed by atoms with van der Waals surface area (Å²) >= 11 is 6.28. The van der Waals surface area contributed by atoms with E-state index in [0.29, 0.717) is 12.3 Å². The number of rotatable bonds is 4. The second kappa shape index (κ2) is 7.16. The van der Waals surface area contributed by atoms with E-state index in [1.54, 1.807) is 0 Å². The van der Waals surface area contributed by atoms with E-state index >= 15 is 0 Å². The molecule has 0 aromatic rings. The lowest BCUT2D eigenvalue weighted by molar-refractivity contribution is -0.122. The lowest BCUT2D eigenvalue weighted by atomic mass is 10.1. The number of carbonyl (C=O) groups excluding carboxylic acids is 1. The van der Waals surface area contributed by atoms with Gasteiger partial charge in [0.1, 0.15) is 0 Å².